The SMILES string of the molecule is CC1(C)CN(c2ncnc(N)c2Br)CC(CO)O1. The molecule has 0 bridgehead atoms. The lowest BCUT2D eigenvalue weighted by Gasteiger charge is -2.43. The number of morpholine rings is 1. The number of hydrogen-bond donors (Lipinski definition) is 2. The van der Waals surface area contributed by atoms with Crippen LogP contribution in [0.1, 0.15) is 13.8 Å². The molecule has 3 N–H and O–H groups in total. The van der Waals surface area contributed by atoms with E-state index in [2.05, 4.69) is 25.9 Å². The van der Waals surface area contributed by atoms with Crippen molar-refractivity contribution in [2.75, 3.05) is 30.3 Å². The summed E-state index contributed by atoms with van der Waals surface area (Å²) in [4.78, 5) is 10.2. The predicted molar refractivity (Wildman–Crippen MR) is 72.4 cm³/mol. The number of nitrogens with two attached hydrogens (primary N) is 1. The number of nitrogens with zero attached hydrogens (tertiary/aromatic N) is 3. The molecule has 1 aromatic heterocycles. The summed E-state index contributed by atoms with van der Waals surface area (Å²) in [7, 11) is 0. The molecule has 0 amide bonds. The highest BCUT2D eigenvalue weighted by molar-refractivity contribution is 9.10. The van der Waals surface area contributed by atoms with Crippen LogP contribution >= 0.6 is 15.9 Å². The number of aliphatic hydroxyl groups excluding tert-OH is 1. The second kappa shape index (κ2) is 4.99. The monoisotopic (exact) mass is 316 g/mol. The molecule has 0 saturated carbocycles. The van der Waals surface area contributed by atoms with E-state index in [4.69, 9.17) is 10.5 Å². The number of aliphatic hydroxyl groups is 1. The number of nitrogen functional groups attached to an aromatic ring is 1. The van der Waals surface area contributed by atoms with Gasteiger partial charge < -0.3 is 20.5 Å². The van der Waals surface area contributed by atoms with Crippen molar-refractivity contribution in [1.29, 1.82) is 0 Å². The van der Waals surface area contributed by atoms with E-state index >= 15 is 0 Å². The fourth-order valence-corrected chi connectivity index (χ4v) is 2.60. The molecule has 1 atom stereocenters. The molecule has 0 aliphatic carbocycles. The van der Waals surface area contributed by atoms with Gasteiger partial charge in [-0.15, -0.1) is 0 Å². The molecule has 1 aromatic rings. The van der Waals surface area contributed by atoms with Gasteiger partial charge in [0.05, 0.1) is 18.3 Å². The molecule has 2 rings (SSSR count). The summed E-state index contributed by atoms with van der Waals surface area (Å²) in [6, 6.07) is 0. The molecule has 1 aliphatic heterocycles. The first-order chi connectivity index (χ1) is 8.43. The molecule has 1 fully saturated rings. The topological polar surface area (TPSA) is 84.5 Å². The van der Waals surface area contributed by atoms with Crippen LogP contribution in [0.25, 0.3) is 0 Å². The predicted octanol–water partition coefficient (Wildman–Crippen LogP) is 0.797. The van der Waals surface area contributed by atoms with Crippen LogP contribution in [0.5, 0.6) is 0 Å². The quantitative estimate of drug-likeness (QED) is 0.839. The highest BCUT2D eigenvalue weighted by atomic mass is 79.9. The lowest BCUT2D eigenvalue weighted by atomic mass is 10.1. The Morgan fingerprint density at radius 2 is 2.33 bits per heavy atom. The van der Waals surface area contributed by atoms with E-state index in [1.807, 2.05) is 18.7 Å². The summed E-state index contributed by atoms with van der Waals surface area (Å²) >= 11 is 3.40. The van der Waals surface area contributed by atoms with Gasteiger partial charge in [0.2, 0.25) is 0 Å². The first-order valence-corrected chi connectivity index (χ1v) is 6.52. The molecular formula is C11H17BrN4O2. The molecule has 7 heteroatoms. The van der Waals surface area contributed by atoms with Crippen molar-refractivity contribution in [3.8, 4) is 0 Å². The minimum atomic E-state index is -0.342. The number of anilines is 2. The van der Waals surface area contributed by atoms with Crippen molar-refractivity contribution in [3.05, 3.63) is 10.8 Å². The van der Waals surface area contributed by atoms with Gasteiger partial charge in [-0.1, -0.05) is 0 Å². The molecule has 1 aliphatic rings. The number of halogens is 1. The van der Waals surface area contributed by atoms with Crippen molar-refractivity contribution in [2.24, 2.45) is 0 Å². The Hall–Kier alpha value is -0.920. The van der Waals surface area contributed by atoms with Crippen LogP contribution in [0, 0.1) is 0 Å². The van der Waals surface area contributed by atoms with E-state index < -0.39 is 0 Å². The minimum Gasteiger partial charge on any atom is -0.394 e. The first-order valence-electron chi connectivity index (χ1n) is 5.72. The average Bonchev–Trinajstić information content (AvgIpc) is 2.30. The van der Waals surface area contributed by atoms with Crippen LogP contribution in [0.2, 0.25) is 0 Å². The Bertz CT molecular complexity index is 441. The van der Waals surface area contributed by atoms with Gasteiger partial charge in [0.25, 0.3) is 0 Å². The van der Waals surface area contributed by atoms with Gasteiger partial charge in [0.15, 0.2) is 0 Å². The fraction of sp³-hybridized carbons (Fsp3) is 0.636. The summed E-state index contributed by atoms with van der Waals surface area (Å²) in [5.74, 6) is 1.14. The lowest BCUT2D eigenvalue weighted by molar-refractivity contribution is -0.101. The van der Waals surface area contributed by atoms with Gasteiger partial charge in [-0.3, -0.25) is 0 Å². The second-order valence-corrected chi connectivity index (χ2v) is 5.75. The number of aromatic nitrogens is 2. The highest BCUT2D eigenvalue weighted by Gasteiger charge is 2.34. The molecular weight excluding hydrogens is 300 g/mol. The number of ether oxygens (including phenoxy) is 1. The van der Waals surface area contributed by atoms with Crippen molar-refractivity contribution in [2.45, 2.75) is 25.6 Å². The summed E-state index contributed by atoms with van der Waals surface area (Å²) in [6.07, 6.45) is 1.21. The van der Waals surface area contributed by atoms with Crippen molar-refractivity contribution < 1.29 is 9.84 Å². The lowest BCUT2D eigenvalue weighted by Crippen LogP contribution is -2.54. The molecule has 0 spiro atoms. The molecule has 18 heavy (non-hydrogen) atoms. The third-order valence-electron chi connectivity index (χ3n) is 2.78. The zero-order valence-electron chi connectivity index (χ0n) is 10.4. The van der Waals surface area contributed by atoms with Gasteiger partial charge in [0.1, 0.15) is 22.4 Å². The average molecular weight is 317 g/mol. The van der Waals surface area contributed by atoms with E-state index in [1.54, 1.807) is 0 Å². The van der Waals surface area contributed by atoms with E-state index in [0.29, 0.717) is 23.4 Å². The van der Waals surface area contributed by atoms with Gasteiger partial charge in [-0.05, 0) is 29.8 Å². The Morgan fingerprint density at radius 3 is 3.00 bits per heavy atom. The highest BCUT2D eigenvalue weighted by Crippen LogP contribution is 2.31. The minimum absolute atomic E-state index is 0.0158. The largest absolute Gasteiger partial charge is 0.394 e. The van der Waals surface area contributed by atoms with E-state index in [-0.39, 0.29) is 18.3 Å². The second-order valence-electron chi connectivity index (χ2n) is 4.96. The molecule has 0 radical (unpaired) electrons. The molecule has 0 aromatic carbocycles. The summed E-state index contributed by atoms with van der Waals surface area (Å²) in [6.45, 7) is 5.21. The van der Waals surface area contributed by atoms with Crippen LogP contribution < -0.4 is 10.6 Å². The van der Waals surface area contributed by atoms with E-state index in [0.717, 1.165) is 5.82 Å². The number of hydrogen-bond acceptors (Lipinski definition) is 6. The zero-order chi connectivity index (χ0) is 13.3. The zero-order valence-corrected chi connectivity index (χ0v) is 12.0. The third-order valence-corrected chi connectivity index (χ3v) is 3.54. The van der Waals surface area contributed by atoms with E-state index in [1.165, 1.54) is 6.33 Å². The van der Waals surface area contributed by atoms with Crippen LogP contribution in [-0.4, -0.2) is 46.5 Å². The Morgan fingerprint density at radius 1 is 1.61 bits per heavy atom. The maximum Gasteiger partial charge on any atom is 0.148 e. The van der Waals surface area contributed by atoms with Gasteiger partial charge >= 0.3 is 0 Å². The maximum absolute atomic E-state index is 9.29. The summed E-state index contributed by atoms with van der Waals surface area (Å²) in [5.41, 5.74) is 5.41. The van der Waals surface area contributed by atoms with Crippen LogP contribution in [0.3, 0.4) is 0 Å². The van der Waals surface area contributed by atoms with Crippen LogP contribution in [0.15, 0.2) is 10.8 Å². The van der Waals surface area contributed by atoms with Gasteiger partial charge in [-0.25, -0.2) is 9.97 Å². The number of rotatable bonds is 2. The Kier molecular flexibility index (Phi) is 3.74. The van der Waals surface area contributed by atoms with Crippen LogP contribution in [0.4, 0.5) is 11.6 Å². The molecule has 1 unspecified atom stereocenters. The smallest absolute Gasteiger partial charge is 0.148 e. The van der Waals surface area contributed by atoms with Crippen molar-refractivity contribution >= 4 is 27.6 Å². The normalized spacial score (nSPS) is 23.1. The molecule has 2 heterocycles. The third kappa shape index (κ3) is 2.73. The van der Waals surface area contributed by atoms with Gasteiger partial charge in [0, 0.05) is 13.1 Å². The van der Waals surface area contributed by atoms with Gasteiger partial charge in [-0.2, -0.15) is 0 Å². The van der Waals surface area contributed by atoms with Crippen LogP contribution in [-0.2, 0) is 4.74 Å². The standard InChI is InChI=1S/C11H17BrN4O2/c1-11(2)5-16(3-7(4-17)18-11)10-8(12)9(13)14-6-15-10/h6-7,17H,3-5H2,1-2H3,(H2,13,14,15). The Labute approximate surface area is 114 Å². The summed E-state index contributed by atoms with van der Waals surface area (Å²) in [5, 5.41) is 9.29. The Balaban J connectivity index is 2.29. The van der Waals surface area contributed by atoms with Crippen molar-refractivity contribution in [1.82, 2.24) is 9.97 Å². The molecule has 1 saturated heterocycles. The maximum atomic E-state index is 9.29. The van der Waals surface area contributed by atoms with Crippen molar-refractivity contribution in [3.63, 3.8) is 0 Å². The first kappa shape index (κ1) is 13.5. The van der Waals surface area contributed by atoms with E-state index in [9.17, 15) is 5.11 Å². The summed E-state index contributed by atoms with van der Waals surface area (Å²) < 4.78 is 6.44. The molecule has 100 valence electrons. The molecule has 6 nitrogen and oxygen atoms in total. The fourth-order valence-electron chi connectivity index (χ4n) is 2.15.